The fraction of sp³-hybridized carbons (Fsp3) is 1.00. The molecule has 34 valence electrons. The summed E-state index contributed by atoms with van der Waals surface area (Å²) in [6.45, 7) is 1.86. The summed E-state index contributed by atoms with van der Waals surface area (Å²) in [7, 11) is 0. The molecule has 0 unspecified atom stereocenters. The number of hydrogen-bond acceptors (Lipinski definition) is 2. The van der Waals surface area contributed by atoms with Crippen molar-refractivity contribution in [1.29, 1.82) is 0 Å². The van der Waals surface area contributed by atoms with Gasteiger partial charge in [-0.1, -0.05) is 0 Å². The van der Waals surface area contributed by atoms with Crippen molar-refractivity contribution in [3.63, 3.8) is 0 Å². The zero-order valence-corrected chi connectivity index (χ0v) is 6.32. The van der Waals surface area contributed by atoms with Crippen LogP contribution in [-0.4, -0.2) is 24.6 Å². The third-order valence-electron chi connectivity index (χ3n) is 0.287. The third-order valence-corrected chi connectivity index (χ3v) is 1.93. The third kappa shape index (κ3) is 4.20. The summed E-state index contributed by atoms with van der Waals surface area (Å²) >= 11 is -1.15. The quantitative estimate of drug-likeness (QED) is 0.360. The Kier molecular flexibility index (Phi) is 3.50. The van der Waals surface area contributed by atoms with Gasteiger partial charge in [0.1, 0.15) is 0 Å². The molecule has 0 heterocycles. The van der Waals surface area contributed by atoms with Gasteiger partial charge in [0.15, 0.2) is 0 Å². The molecule has 3 nitrogen and oxygen atoms in total. The number of nitro groups is 1. The SMILES string of the molecule is C[CH2][Sn][N+](=O)[O-]. The Morgan fingerprint density at radius 3 is 2.50 bits per heavy atom. The van der Waals surface area contributed by atoms with Crippen molar-refractivity contribution in [2.45, 2.75) is 11.4 Å². The second-order valence-electron chi connectivity index (χ2n) is 0.769. The van der Waals surface area contributed by atoms with Crippen molar-refractivity contribution in [3.05, 3.63) is 10.1 Å². The van der Waals surface area contributed by atoms with E-state index < -0.39 is 21.4 Å². The summed E-state index contributed by atoms with van der Waals surface area (Å²) < 4.78 is 0.652. The van der Waals surface area contributed by atoms with Gasteiger partial charge in [0.25, 0.3) is 0 Å². The summed E-state index contributed by atoms with van der Waals surface area (Å²) in [6.07, 6.45) is 0. The first-order valence-corrected chi connectivity index (χ1v) is 4.94. The Hall–Kier alpha value is 0.199. The van der Waals surface area contributed by atoms with Crippen LogP contribution in [0, 0.1) is 10.1 Å². The predicted octanol–water partition coefficient (Wildman–Crippen LogP) is 0.320. The van der Waals surface area contributed by atoms with E-state index >= 15 is 0 Å². The maximum absolute atomic E-state index is 9.48. The van der Waals surface area contributed by atoms with Crippen molar-refractivity contribution < 1.29 is 3.15 Å². The monoisotopic (exact) mass is 195 g/mol. The standard InChI is InChI=1S/C2H5.NO2.Sn/c1-2;2-1-3;/h1H2,2H3;;. The van der Waals surface area contributed by atoms with Crippen molar-refractivity contribution in [3.8, 4) is 0 Å². The van der Waals surface area contributed by atoms with E-state index in [2.05, 4.69) is 0 Å². The molecule has 0 aliphatic carbocycles. The molecule has 0 aromatic carbocycles. The van der Waals surface area contributed by atoms with Gasteiger partial charge in [0.05, 0.1) is 0 Å². The average molecular weight is 194 g/mol. The molecule has 0 bridgehead atoms. The molecule has 0 aliphatic rings. The van der Waals surface area contributed by atoms with Gasteiger partial charge < -0.3 is 0 Å². The molecular weight excluding hydrogens is 189 g/mol. The van der Waals surface area contributed by atoms with Gasteiger partial charge in [-0.3, -0.25) is 0 Å². The fourth-order valence-electron chi connectivity index (χ4n) is 0.129. The summed E-state index contributed by atoms with van der Waals surface area (Å²) in [5.74, 6) is 0. The first-order valence-electron chi connectivity index (χ1n) is 1.65. The minimum absolute atomic E-state index is 0.149. The van der Waals surface area contributed by atoms with E-state index in [1.807, 2.05) is 6.92 Å². The van der Waals surface area contributed by atoms with Crippen LogP contribution in [0.4, 0.5) is 0 Å². The first-order chi connectivity index (χ1) is 2.77. The van der Waals surface area contributed by atoms with E-state index in [0.29, 0.717) is 0 Å². The van der Waals surface area contributed by atoms with Crippen LogP contribution < -0.4 is 0 Å². The van der Waals surface area contributed by atoms with E-state index in [1.165, 1.54) is 0 Å². The van der Waals surface area contributed by atoms with Gasteiger partial charge in [0, 0.05) is 0 Å². The zero-order chi connectivity index (χ0) is 4.99. The van der Waals surface area contributed by atoms with Crippen LogP contribution >= 0.6 is 0 Å². The molecule has 0 aromatic rings. The van der Waals surface area contributed by atoms with Gasteiger partial charge in [-0.15, -0.1) is 0 Å². The molecule has 0 aliphatic heterocycles. The molecule has 0 amide bonds. The summed E-state index contributed by atoms with van der Waals surface area (Å²) in [5.41, 5.74) is 0. The Morgan fingerprint density at radius 2 is 2.50 bits per heavy atom. The van der Waals surface area contributed by atoms with Gasteiger partial charge in [-0.25, -0.2) is 0 Å². The van der Waals surface area contributed by atoms with Crippen molar-refractivity contribution in [2.24, 2.45) is 0 Å². The molecule has 0 fully saturated rings. The normalized spacial score (nSPS) is 8.17. The molecule has 0 N–H and O–H groups in total. The van der Waals surface area contributed by atoms with Crippen LogP contribution in [0.1, 0.15) is 6.92 Å². The van der Waals surface area contributed by atoms with Crippen LogP contribution in [0.3, 0.4) is 0 Å². The minimum atomic E-state index is -1.15. The zero-order valence-electron chi connectivity index (χ0n) is 3.47. The van der Waals surface area contributed by atoms with Crippen LogP contribution in [0.15, 0.2) is 0 Å². The van der Waals surface area contributed by atoms with E-state index in [0.717, 1.165) is 4.44 Å². The molecule has 2 radical (unpaired) electrons. The van der Waals surface area contributed by atoms with E-state index in [1.54, 1.807) is 0 Å². The number of nitrogens with zero attached hydrogens (tertiary/aromatic N) is 1. The number of rotatable bonds is 2. The van der Waals surface area contributed by atoms with Crippen LogP contribution in [0.25, 0.3) is 0 Å². The fourth-order valence-corrected chi connectivity index (χ4v) is 0.866. The van der Waals surface area contributed by atoms with Gasteiger partial charge in [-0.05, 0) is 0 Å². The Labute approximate surface area is 46.5 Å². The average Bonchev–Trinajstić information content (AvgIpc) is 1.35. The van der Waals surface area contributed by atoms with Crippen LogP contribution in [-0.2, 0) is 0 Å². The number of hydrogen-bond donors (Lipinski definition) is 0. The molecule has 0 saturated carbocycles. The molecule has 0 aromatic heterocycles. The molecule has 0 atom stereocenters. The summed E-state index contributed by atoms with van der Waals surface area (Å²) in [4.78, 5) is 9.48. The topological polar surface area (TPSA) is 43.1 Å². The predicted molar refractivity (Wildman–Crippen MR) is 23.2 cm³/mol. The van der Waals surface area contributed by atoms with Crippen LogP contribution in [0.5, 0.6) is 0 Å². The Balaban J connectivity index is 2.83. The Bertz CT molecular complexity index is 55.5. The van der Waals surface area contributed by atoms with Gasteiger partial charge in [-0.2, -0.15) is 0 Å². The second kappa shape index (κ2) is 3.39. The Morgan fingerprint density at radius 1 is 2.00 bits per heavy atom. The van der Waals surface area contributed by atoms with E-state index in [9.17, 15) is 10.1 Å². The summed E-state index contributed by atoms with van der Waals surface area (Å²) in [5, 5.41) is 9.48. The van der Waals surface area contributed by atoms with Crippen LogP contribution in [0.2, 0.25) is 4.44 Å². The van der Waals surface area contributed by atoms with Crippen molar-refractivity contribution >= 4 is 21.4 Å². The van der Waals surface area contributed by atoms with Gasteiger partial charge >= 0.3 is 46.0 Å². The first kappa shape index (κ1) is 6.20. The molecular formula is C2H5NO2Sn. The van der Waals surface area contributed by atoms with E-state index in [4.69, 9.17) is 0 Å². The summed E-state index contributed by atoms with van der Waals surface area (Å²) in [6, 6.07) is 0. The van der Waals surface area contributed by atoms with E-state index in [-0.39, 0.29) is 3.15 Å². The molecule has 0 saturated heterocycles. The van der Waals surface area contributed by atoms with Gasteiger partial charge in [0.2, 0.25) is 0 Å². The van der Waals surface area contributed by atoms with Crippen molar-refractivity contribution in [1.82, 2.24) is 0 Å². The van der Waals surface area contributed by atoms with Crippen molar-refractivity contribution in [2.75, 3.05) is 0 Å². The second-order valence-corrected chi connectivity index (χ2v) is 4.73. The maximum atomic E-state index is 9.48. The molecule has 0 spiro atoms. The molecule has 6 heavy (non-hydrogen) atoms. The molecule has 4 heteroatoms. The molecule has 0 rings (SSSR count).